The molecule has 0 heterocycles. The molecule has 0 fully saturated rings. The summed E-state index contributed by atoms with van der Waals surface area (Å²) in [5.41, 5.74) is 3.95. The van der Waals surface area contributed by atoms with Crippen LogP contribution < -0.4 is 4.90 Å². The molecule has 0 amide bonds. The highest BCUT2D eigenvalue weighted by atomic mass is 15.1. The van der Waals surface area contributed by atoms with Crippen LogP contribution in [0.5, 0.6) is 0 Å². The third kappa shape index (κ3) is 4.66. The summed E-state index contributed by atoms with van der Waals surface area (Å²) in [6.45, 7) is 2.27. The number of aryl methyl sites for hydroxylation is 1. The van der Waals surface area contributed by atoms with E-state index in [4.69, 9.17) is 0 Å². The van der Waals surface area contributed by atoms with Gasteiger partial charge in [-0.3, -0.25) is 0 Å². The minimum absolute atomic E-state index is 1.20. The average molecular weight is 346 g/mol. The molecule has 136 valence electrons. The van der Waals surface area contributed by atoms with Crippen LogP contribution in [-0.2, 0) is 6.42 Å². The Bertz CT molecular complexity index is 799. The van der Waals surface area contributed by atoms with Gasteiger partial charge in [-0.15, -0.1) is 0 Å². The summed E-state index contributed by atoms with van der Waals surface area (Å²) in [7, 11) is 2.16. The first kappa shape index (κ1) is 18.5. The molecule has 3 aromatic rings. The van der Waals surface area contributed by atoms with Gasteiger partial charge in [-0.05, 0) is 42.0 Å². The first-order valence-corrected chi connectivity index (χ1v) is 10.1. The molecule has 0 saturated carbocycles. The summed E-state index contributed by atoms with van der Waals surface area (Å²) in [5.74, 6) is 0. The van der Waals surface area contributed by atoms with E-state index in [-0.39, 0.29) is 0 Å². The van der Waals surface area contributed by atoms with E-state index < -0.39 is 0 Å². The van der Waals surface area contributed by atoms with Crippen LogP contribution in [0.25, 0.3) is 10.8 Å². The molecule has 0 unspecified atom stereocenters. The van der Waals surface area contributed by atoms with Crippen molar-refractivity contribution in [3.05, 3.63) is 72.3 Å². The third-order valence-electron chi connectivity index (χ3n) is 5.27. The van der Waals surface area contributed by atoms with Gasteiger partial charge in [0.15, 0.2) is 0 Å². The Kier molecular flexibility index (Phi) is 6.71. The maximum Gasteiger partial charge on any atom is 0.0487 e. The Balaban J connectivity index is 1.62. The number of benzene rings is 3. The van der Waals surface area contributed by atoms with E-state index in [2.05, 4.69) is 85.6 Å². The lowest BCUT2D eigenvalue weighted by Crippen LogP contribution is -2.09. The second kappa shape index (κ2) is 9.43. The van der Waals surface area contributed by atoms with Crippen molar-refractivity contribution < 1.29 is 0 Å². The molecule has 0 N–H and O–H groups in total. The highest BCUT2D eigenvalue weighted by Crippen LogP contribution is 2.31. The first-order chi connectivity index (χ1) is 12.8. The van der Waals surface area contributed by atoms with Crippen LogP contribution in [0, 0.1) is 0 Å². The van der Waals surface area contributed by atoms with Gasteiger partial charge in [0.25, 0.3) is 0 Å². The number of unbranched alkanes of at least 4 members (excludes halogenated alkanes) is 5. The Hall–Kier alpha value is -2.28. The van der Waals surface area contributed by atoms with Gasteiger partial charge in [0.1, 0.15) is 0 Å². The lowest BCUT2D eigenvalue weighted by molar-refractivity contribution is 0.607. The fraction of sp³-hybridized carbons (Fsp3) is 0.360. The van der Waals surface area contributed by atoms with Gasteiger partial charge in [0.2, 0.25) is 0 Å². The van der Waals surface area contributed by atoms with Gasteiger partial charge < -0.3 is 4.90 Å². The van der Waals surface area contributed by atoms with Crippen molar-refractivity contribution in [2.24, 2.45) is 0 Å². The summed E-state index contributed by atoms with van der Waals surface area (Å²) in [6.07, 6.45) is 9.35. The van der Waals surface area contributed by atoms with Gasteiger partial charge in [-0.2, -0.15) is 0 Å². The molecule has 3 aromatic carbocycles. The zero-order chi connectivity index (χ0) is 18.2. The van der Waals surface area contributed by atoms with Crippen LogP contribution in [0.4, 0.5) is 11.4 Å². The SMILES string of the molecule is CCCCCCCCc1ccc(N(C)c2cccc3ccccc23)cc1. The van der Waals surface area contributed by atoms with Crippen LogP contribution in [0.2, 0.25) is 0 Å². The predicted octanol–water partition coefficient (Wildman–Crippen LogP) is 7.51. The van der Waals surface area contributed by atoms with Crippen LogP contribution in [0.15, 0.2) is 66.7 Å². The number of rotatable bonds is 9. The minimum Gasteiger partial charge on any atom is -0.344 e. The largest absolute Gasteiger partial charge is 0.344 e. The summed E-state index contributed by atoms with van der Waals surface area (Å²) < 4.78 is 0. The lowest BCUT2D eigenvalue weighted by Gasteiger charge is -2.21. The molecular weight excluding hydrogens is 314 g/mol. The molecule has 0 bridgehead atoms. The van der Waals surface area contributed by atoms with Gasteiger partial charge in [-0.1, -0.05) is 87.6 Å². The topological polar surface area (TPSA) is 3.24 Å². The molecule has 0 aliphatic carbocycles. The Morgan fingerprint density at radius 1 is 0.692 bits per heavy atom. The van der Waals surface area contributed by atoms with Crippen molar-refractivity contribution in [2.45, 2.75) is 51.9 Å². The second-order valence-corrected chi connectivity index (χ2v) is 7.24. The predicted molar refractivity (Wildman–Crippen MR) is 116 cm³/mol. The van der Waals surface area contributed by atoms with Gasteiger partial charge in [0.05, 0.1) is 0 Å². The number of fused-ring (bicyclic) bond motifs is 1. The third-order valence-corrected chi connectivity index (χ3v) is 5.27. The summed E-state index contributed by atoms with van der Waals surface area (Å²) in [6, 6.07) is 24.2. The molecule has 3 rings (SSSR count). The quantitative estimate of drug-likeness (QED) is 0.363. The van der Waals surface area contributed by atoms with Crippen molar-refractivity contribution in [2.75, 3.05) is 11.9 Å². The molecule has 0 aliphatic heterocycles. The minimum atomic E-state index is 1.20. The highest BCUT2D eigenvalue weighted by Gasteiger charge is 2.07. The zero-order valence-electron chi connectivity index (χ0n) is 16.2. The lowest BCUT2D eigenvalue weighted by atomic mass is 10.0. The maximum absolute atomic E-state index is 2.29. The van der Waals surface area contributed by atoms with E-state index in [0.717, 1.165) is 0 Å². The summed E-state index contributed by atoms with van der Waals surface area (Å²) >= 11 is 0. The molecule has 0 atom stereocenters. The molecule has 0 spiro atoms. The monoisotopic (exact) mass is 345 g/mol. The van der Waals surface area contributed by atoms with Crippen LogP contribution >= 0.6 is 0 Å². The van der Waals surface area contributed by atoms with Crippen molar-refractivity contribution in [1.82, 2.24) is 0 Å². The standard InChI is InChI=1S/C25H31N/c1-3-4-5-6-7-8-12-21-17-19-23(20-18-21)26(2)25-16-11-14-22-13-9-10-15-24(22)25/h9-11,13-20H,3-8,12H2,1-2H3. The number of anilines is 2. The molecule has 1 nitrogen and oxygen atoms in total. The van der Waals surface area contributed by atoms with Crippen molar-refractivity contribution in [3.63, 3.8) is 0 Å². The average Bonchev–Trinajstić information content (AvgIpc) is 2.70. The summed E-state index contributed by atoms with van der Waals surface area (Å²) in [5, 5.41) is 2.59. The maximum atomic E-state index is 2.29. The van der Waals surface area contributed by atoms with Gasteiger partial charge in [-0.25, -0.2) is 0 Å². The van der Waals surface area contributed by atoms with E-state index >= 15 is 0 Å². The first-order valence-electron chi connectivity index (χ1n) is 10.1. The smallest absolute Gasteiger partial charge is 0.0487 e. The van der Waals surface area contributed by atoms with Crippen LogP contribution in [0.1, 0.15) is 51.0 Å². The molecule has 0 radical (unpaired) electrons. The van der Waals surface area contributed by atoms with Crippen molar-refractivity contribution in [3.8, 4) is 0 Å². The normalized spacial score (nSPS) is 11.0. The Morgan fingerprint density at radius 3 is 2.19 bits per heavy atom. The Labute approximate surface area is 158 Å². The van der Waals surface area contributed by atoms with E-state index in [1.165, 1.54) is 72.7 Å². The van der Waals surface area contributed by atoms with E-state index in [9.17, 15) is 0 Å². The summed E-state index contributed by atoms with van der Waals surface area (Å²) in [4.78, 5) is 2.29. The highest BCUT2D eigenvalue weighted by molar-refractivity contribution is 5.95. The molecule has 26 heavy (non-hydrogen) atoms. The van der Waals surface area contributed by atoms with Crippen molar-refractivity contribution in [1.29, 1.82) is 0 Å². The van der Waals surface area contributed by atoms with E-state index in [1.807, 2.05) is 0 Å². The fourth-order valence-corrected chi connectivity index (χ4v) is 3.64. The van der Waals surface area contributed by atoms with Crippen LogP contribution in [0.3, 0.4) is 0 Å². The number of hydrogen-bond donors (Lipinski definition) is 0. The second-order valence-electron chi connectivity index (χ2n) is 7.24. The van der Waals surface area contributed by atoms with E-state index in [1.54, 1.807) is 0 Å². The molecule has 1 heteroatoms. The van der Waals surface area contributed by atoms with Gasteiger partial charge in [0, 0.05) is 23.8 Å². The van der Waals surface area contributed by atoms with E-state index in [0.29, 0.717) is 0 Å². The number of nitrogens with zero attached hydrogens (tertiary/aromatic N) is 1. The fourth-order valence-electron chi connectivity index (χ4n) is 3.64. The van der Waals surface area contributed by atoms with Gasteiger partial charge >= 0.3 is 0 Å². The number of hydrogen-bond acceptors (Lipinski definition) is 1. The van der Waals surface area contributed by atoms with Crippen LogP contribution in [-0.4, -0.2) is 7.05 Å². The molecular formula is C25H31N. The molecule has 0 aliphatic rings. The van der Waals surface area contributed by atoms with Crippen molar-refractivity contribution >= 4 is 22.1 Å². The molecule has 0 saturated heterocycles. The molecule has 0 aromatic heterocycles. The Morgan fingerprint density at radius 2 is 1.38 bits per heavy atom. The zero-order valence-corrected chi connectivity index (χ0v) is 16.2.